The maximum absolute atomic E-state index is 12.3. The molecule has 1 amide bonds. The zero-order valence-electron chi connectivity index (χ0n) is 15.8. The van der Waals surface area contributed by atoms with Crippen LogP contribution in [0.25, 0.3) is 0 Å². The van der Waals surface area contributed by atoms with Gasteiger partial charge in [-0.3, -0.25) is 14.4 Å². The van der Waals surface area contributed by atoms with E-state index in [1.807, 2.05) is 0 Å². The zero-order valence-corrected chi connectivity index (χ0v) is 17.3. The van der Waals surface area contributed by atoms with Crippen molar-refractivity contribution in [1.29, 1.82) is 0 Å². The Morgan fingerprint density at radius 3 is 2.52 bits per heavy atom. The minimum atomic E-state index is -0.565. The Labute approximate surface area is 168 Å². The smallest absolute Gasteiger partial charge is 0.306 e. The Morgan fingerprint density at radius 2 is 1.85 bits per heavy atom. The quantitative estimate of drug-likeness (QED) is 0.493. The number of ketones is 1. The number of esters is 1. The second-order valence-electron chi connectivity index (χ2n) is 6.95. The summed E-state index contributed by atoms with van der Waals surface area (Å²) in [5.41, 5.74) is 0.406. The summed E-state index contributed by atoms with van der Waals surface area (Å²) < 4.78 is 10.9. The van der Waals surface area contributed by atoms with Crippen LogP contribution in [-0.2, 0) is 14.3 Å². The van der Waals surface area contributed by atoms with Gasteiger partial charge in [-0.1, -0.05) is 22.9 Å². The van der Waals surface area contributed by atoms with Gasteiger partial charge in [0.15, 0.2) is 12.4 Å². The van der Waals surface area contributed by atoms with Gasteiger partial charge in [0.1, 0.15) is 5.75 Å². The fourth-order valence-electron chi connectivity index (χ4n) is 3.14. The molecule has 2 rings (SSSR count). The summed E-state index contributed by atoms with van der Waals surface area (Å²) in [5.74, 6) is 0.0913. The van der Waals surface area contributed by atoms with Gasteiger partial charge >= 0.3 is 5.97 Å². The first kappa shape index (κ1) is 21.4. The molecule has 0 atom stereocenters. The molecule has 1 fully saturated rings. The normalized spacial score (nSPS) is 19.2. The fourth-order valence-corrected chi connectivity index (χ4v) is 3.50. The van der Waals surface area contributed by atoms with Crippen molar-refractivity contribution in [3.63, 3.8) is 0 Å². The summed E-state index contributed by atoms with van der Waals surface area (Å²) in [6.45, 7) is 1.91. The third-order valence-electron chi connectivity index (χ3n) is 4.76. The van der Waals surface area contributed by atoms with Crippen molar-refractivity contribution in [1.82, 2.24) is 5.32 Å². The Kier molecular flexibility index (Phi) is 8.28. The van der Waals surface area contributed by atoms with Gasteiger partial charge in [0.2, 0.25) is 0 Å². The summed E-state index contributed by atoms with van der Waals surface area (Å²) in [4.78, 5) is 36.1. The highest BCUT2D eigenvalue weighted by molar-refractivity contribution is 9.10. The standard InChI is InChI=1S/C20H26BrNO5/c1-13-3-6-15(7-4-13)22-19(24)12-27-20(25)10-8-17(23)16-11-14(21)5-9-18(16)26-2/h5,9,11,13,15H,3-4,6-8,10,12H2,1-2H3,(H,22,24). The van der Waals surface area contributed by atoms with Crippen molar-refractivity contribution in [2.75, 3.05) is 13.7 Å². The Balaban J connectivity index is 1.72. The molecule has 0 heterocycles. The van der Waals surface area contributed by atoms with Crippen molar-refractivity contribution in [3.05, 3.63) is 28.2 Å². The largest absolute Gasteiger partial charge is 0.496 e. The van der Waals surface area contributed by atoms with E-state index in [-0.39, 0.29) is 37.2 Å². The lowest BCUT2D eigenvalue weighted by atomic mass is 9.87. The van der Waals surface area contributed by atoms with E-state index >= 15 is 0 Å². The van der Waals surface area contributed by atoms with Crippen LogP contribution in [-0.4, -0.2) is 37.4 Å². The van der Waals surface area contributed by atoms with Crippen LogP contribution in [0.15, 0.2) is 22.7 Å². The molecular weight excluding hydrogens is 414 g/mol. The number of ether oxygens (including phenoxy) is 2. The average molecular weight is 440 g/mol. The molecule has 1 saturated carbocycles. The van der Waals surface area contributed by atoms with Gasteiger partial charge in [0.05, 0.1) is 19.1 Å². The molecule has 0 bridgehead atoms. The third kappa shape index (κ3) is 6.97. The minimum Gasteiger partial charge on any atom is -0.496 e. The van der Waals surface area contributed by atoms with Crippen LogP contribution in [0.5, 0.6) is 5.75 Å². The Hall–Kier alpha value is -1.89. The number of hydrogen-bond acceptors (Lipinski definition) is 5. The predicted molar refractivity (Wildman–Crippen MR) is 105 cm³/mol. The maximum atomic E-state index is 12.3. The van der Waals surface area contributed by atoms with E-state index in [4.69, 9.17) is 9.47 Å². The molecule has 0 saturated heterocycles. The number of rotatable bonds is 8. The number of nitrogens with one attached hydrogen (secondary N) is 1. The highest BCUT2D eigenvalue weighted by atomic mass is 79.9. The monoisotopic (exact) mass is 439 g/mol. The van der Waals surface area contributed by atoms with Crippen molar-refractivity contribution in [3.8, 4) is 5.75 Å². The fraction of sp³-hybridized carbons (Fsp3) is 0.550. The van der Waals surface area contributed by atoms with E-state index in [1.165, 1.54) is 7.11 Å². The molecule has 1 aliphatic rings. The molecule has 1 aromatic rings. The maximum Gasteiger partial charge on any atom is 0.306 e. The number of carbonyl (C=O) groups excluding carboxylic acids is 3. The van der Waals surface area contributed by atoms with E-state index < -0.39 is 5.97 Å². The molecule has 27 heavy (non-hydrogen) atoms. The first-order valence-corrected chi connectivity index (χ1v) is 10.00. The molecule has 0 unspecified atom stereocenters. The van der Waals surface area contributed by atoms with Crippen molar-refractivity contribution < 1.29 is 23.9 Å². The molecule has 1 N–H and O–H groups in total. The van der Waals surface area contributed by atoms with Crippen LogP contribution in [0.4, 0.5) is 0 Å². The Morgan fingerprint density at radius 1 is 1.15 bits per heavy atom. The van der Waals surface area contributed by atoms with Crippen LogP contribution in [0.1, 0.15) is 55.8 Å². The van der Waals surface area contributed by atoms with E-state index in [1.54, 1.807) is 18.2 Å². The van der Waals surface area contributed by atoms with Gasteiger partial charge < -0.3 is 14.8 Å². The molecule has 0 aromatic heterocycles. The van der Waals surface area contributed by atoms with Crippen LogP contribution in [0.2, 0.25) is 0 Å². The van der Waals surface area contributed by atoms with Crippen molar-refractivity contribution in [2.45, 2.75) is 51.5 Å². The lowest BCUT2D eigenvalue weighted by molar-refractivity contribution is -0.148. The van der Waals surface area contributed by atoms with Gasteiger partial charge in [-0.15, -0.1) is 0 Å². The molecular formula is C20H26BrNO5. The van der Waals surface area contributed by atoms with Crippen molar-refractivity contribution >= 4 is 33.6 Å². The number of hydrogen-bond donors (Lipinski definition) is 1. The van der Waals surface area contributed by atoms with Crippen LogP contribution in [0, 0.1) is 5.92 Å². The molecule has 0 aliphatic heterocycles. The van der Waals surface area contributed by atoms with E-state index in [0.717, 1.165) is 30.2 Å². The minimum absolute atomic E-state index is 0.00617. The molecule has 1 aliphatic carbocycles. The second kappa shape index (κ2) is 10.4. The predicted octanol–water partition coefficient (Wildman–Crippen LogP) is 3.66. The summed E-state index contributed by atoms with van der Waals surface area (Å²) in [5, 5.41) is 2.90. The molecule has 1 aromatic carbocycles. The topological polar surface area (TPSA) is 81.7 Å². The van der Waals surface area contributed by atoms with E-state index in [0.29, 0.717) is 17.2 Å². The number of carbonyl (C=O) groups is 3. The number of Topliss-reactive ketones (excluding diaryl/α,β-unsaturated/α-hetero) is 1. The number of methoxy groups -OCH3 is 1. The molecule has 7 heteroatoms. The lowest BCUT2D eigenvalue weighted by Crippen LogP contribution is -2.39. The highest BCUT2D eigenvalue weighted by Gasteiger charge is 2.20. The van der Waals surface area contributed by atoms with Gasteiger partial charge in [0, 0.05) is 16.9 Å². The van der Waals surface area contributed by atoms with Crippen LogP contribution in [0.3, 0.4) is 0 Å². The van der Waals surface area contributed by atoms with Gasteiger partial charge in [-0.25, -0.2) is 0 Å². The summed E-state index contributed by atoms with van der Waals surface area (Å²) in [6.07, 6.45) is 4.04. The number of halogens is 1. The van der Waals surface area contributed by atoms with Gasteiger partial charge in [-0.2, -0.15) is 0 Å². The zero-order chi connectivity index (χ0) is 19.8. The molecule has 0 radical (unpaired) electrons. The number of benzene rings is 1. The molecule has 148 valence electrons. The molecule has 0 spiro atoms. The van der Waals surface area contributed by atoms with E-state index in [2.05, 4.69) is 28.2 Å². The highest BCUT2D eigenvalue weighted by Crippen LogP contribution is 2.25. The SMILES string of the molecule is COc1ccc(Br)cc1C(=O)CCC(=O)OCC(=O)NC1CCC(C)CC1. The first-order chi connectivity index (χ1) is 12.9. The lowest BCUT2D eigenvalue weighted by Gasteiger charge is -2.26. The van der Waals surface area contributed by atoms with E-state index in [9.17, 15) is 14.4 Å². The van der Waals surface area contributed by atoms with Crippen molar-refractivity contribution in [2.24, 2.45) is 5.92 Å². The van der Waals surface area contributed by atoms with Crippen LogP contribution < -0.4 is 10.1 Å². The van der Waals surface area contributed by atoms with Gasteiger partial charge in [0.25, 0.3) is 5.91 Å². The average Bonchev–Trinajstić information content (AvgIpc) is 2.66. The third-order valence-corrected chi connectivity index (χ3v) is 5.26. The van der Waals surface area contributed by atoms with Gasteiger partial charge in [-0.05, 0) is 49.8 Å². The molecule has 6 nitrogen and oxygen atoms in total. The summed E-state index contributed by atoms with van der Waals surface area (Å²) >= 11 is 3.31. The summed E-state index contributed by atoms with van der Waals surface area (Å²) in [6, 6.07) is 5.28. The second-order valence-corrected chi connectivity index (χ2v) is 7.87. The first-order valence-electron chi connectivity index (χ1n) is 9.20. The van der Waals surface area contributed by atoms with Crippen LogP contribution >= 0.6 is 15.9 Å². The number of amides is 1. The summed E-state index contributed by atoms with van der Waals surface area (Å²) in [7, 11) is 1.49. The Bertz CT molecular complexity index is 683.